The maximum absolute atomic E-state index is 10.6. The van der Waals surface area contributed by atoms with Crippen LogP contribution in [0.15, 0.2) is 12.3 Å². The molecule has 0 amide bonds. The van der Waals surface area contributed by atoms with Crippen LogP contribution in [0.1, 0.15) is 28.9 Å². The van der Waals surface area contributed by atoms with Gasteiger partial charge in [0.2, 0.25) is 0 Å². The molecule has 0 saturated heterocycles. The Balaban J connectivity index is 2.27. The number of aldehydes is 1. The summed E-state index contributed by atoms with van der Waals surface area (Å²) < 4.78 is 5.60. The predicted molar refractivity (Wildman–Crippen MR) is 48.0 cm³/mol. The minimum absolute atomic E-state index is 0.362. The van der Waals surface area contributed by atoms with Crippen LogP contribution >= 0.6 is 0 Å². The molecule has 0 radical (unpaired) electrons. The van der Waals surface area contributed by atoms with Crippen LogP contribution in [0.2, 0.25) is 0 Å². The second-order valence-electron chi connectivity index (χ2n) is 3.25. The number of aromatic nitrogens is 1. The van der Waals surface area contributed by atoms with Crippen LogP contribution in [0.25, 0.3) is 0 Å². The Labute approximate surface area is 76.7 Å². The van der Waals surface area contributed by atoms with Crippen molar-refractivity contribution >= 4 is 6.29 Å². The van der Waals surface area contributed by atoms with Gasteiger partial charge in [-0.1, -0.05) is 0 Å². The Morgan fingerprint density at radius 3 is 3.00 bits per heavy atom. The second kappa shape index (κ2) is 3.17. The highest BCUT2D eigenvalue weighted by Crippen LogP contribution is 2.28. The molecular weight excluding hydrogens is 166 g/mol. The molecule has 0 atom stereocenters. The molecule has 1 aromatic heterocycles. The van der Waals surface area contributed by atoms with Crippen molar-refractivity contribution in [1.82, 2.24) is 4.98 Å². The first-order chi connectivity index (χ1) is 6.31. The van der Waals surface area contributed by atoms with E-state index in [9.17, 15) is 4.79 Å². The van der Waals surface area contributed by atoms with Gasteiger partial charge in [0.05, 0.1) is 6.10 Å². The molecule has 68 valence electrons. The lowest BCUT2D eigenvalue weighted by Crippen LogP contribution is -2.01. The quantitative estimate of drug-likeness (QED) is 0.660. The maximum Gasteiger partial charge on any atom is 0.168 e. The van der Waals surface area contributed by atoms with Crippen LogP contribution < -0.4 is 4.74 Å². The third-order valence-corrected chi connectivity index (χ3v) is 2.12. The van der Waals surface area contributed by atoms with Gasteiger partial charge < -0.3 is 4.74 Å². The monoisotopic (exact) mass is 177 g/mol. The summed E-state index contributed by atoms with van der Waals surface area (Å²) in [4.78, 5) is 14.5. The van der Waals surface area contributed by atoms with Gasteiger partial charge in [-0.3, -0.25) is 9.78 Å². The second-order valence-corrected chi connectivity index (χ2v) is 3.25. The molecule has 1 aliphatic rings. The molecule has 1 fully saturated rings. The average Bonchev–Trinajstić information content (AvgIpc) is 2.92. The normalized spacial score (nSPS) is 15.5. The van der Waals surface area contributed by atoms with E-state index in [2.05, 4.69) is 4.98 Å². The van der Waals surface area contributed by atoms with Crippen molar-refractivity contribution in [1.29, 1.82) is 0 Å². The third-order valence-electron chi connectivity index (χ3n) is 2.12. The lowest BCUT2D eigenvalue weighted by atomic mass is 10.2. The summed E-state index contributed by atoms with van der Waals surface area (Å²) in [5.74, 6) is 0.791. The Kier molecular flexibility index (Phi) is 2.00. The van der Waals surface area contributed by atoms with Crippen LogP contribution in [0.5, 0.6) is 5.75 Å². The molecule has 0 aliphatic heterocycles. The average molecular weight is 177 g/mol. The van der Waals surface area contributed by atoms with Crippen molar-refractivity contribution in [2.24, 2.45) is 0 Å². The molecule has 13 heavy (non-hydrogen) atoms. The Bertz CT molecular complexity index is 332. The maximum atomic E-state index is 10.6. The zero-order valence-corrected chi connectivity index (χ0v) is 7.49. The highest BCUT2D eigenvalue weighted by Gasteiger charge is 2.24. The van der Waals surface area contributed by atoms with E-state index >= 15 is 0 Å². The van der Waals surface area contributed by atoms with E-state index in [0.29, 0.717) is 11.8 Å². The number of pyridine rings is 1. The summed E-state index contributed by atoms with van der Waals surface area (Å²) in [7, 11) is 0. The summed E-state index contributed by atoms with van der Waals surface area (Å²) in [6.07, 6.45) is 4.97. The zero-order valence-electron chi connectivity index (χ0n) is 7.49. The van der Waals surface area contributed by atoms with E-state index in [1.807, 2.05) is 6.92 Å². The van der Waals surface area contributed by atoms with Gasteiger partial charge in [-0.2, -0.15) is 0 Å². The number of carbonyl (C=O) groups excluding carboxylic acids is 1. The van der Waals surface area contributed by atoms with Crippen molar-refractivity contribution in [3.8, 4) is 5.75 Å². The Hall–Kier alpha value is -1.38. The molecule has 1 heterocycles. The van der Waals surface area contributed by atoms with Crippen LogP contribution in [0, 0.1) is 6.92 Å². The van der Waals surface area contributed by atoms with Crippen molar-refractivity contribution in [3.63, 3.8) is 0 Å². The lowest BCUT2D eigenvalue weighted by Gasteiger charge is -2.07. The number of nitrogens with zero attached hydrogens (tertiary/aromatic N) is 1. The minimum Gasteiger partial charge on any atom is -0.490 e. The fraction of sp³-hybridized carbons (Fsp3) is 0.400. The number of carbonyl (C=O) groups is 1. The number of ether oxygens (including phenoxy) is 1. The van der Waals surface area contributed by atoms with E-state index in [1.165, 1.54) is 0 Å². The molecular formula is C10H11NO2. The van der Waals surface area contributed by atoms with Crippen LogP contribution in [-0.4, -0.2) is 17.4 Å². The van der Waals surface area contributed by atoms with Gasteiger partial charge in [0, 0.05) is 11.8 Å². The summed E-state index contributed by atoms with van der Waals surface area (Å²) in [5, 5.41) is 0. The highest BCUT2D eigenvalue weighted by atomic mass is 16.5. The molecule has 2 rings (SSSR count). The molecule has 1 saturated carbocycles. The Morgan fingerprint density at radius 2 is 2.38 bits per heavy atom. The van der Waals surface area contributed by atoms with Crippen molar-refractivity contribution in [3.05, 3.63) is 23.5 Å². The molecule has 0 unspecified atom stereocenters. The van der Waals surface area contributed by atoms with Crippen molar-refractivity contribution in [2.75, 3.05) is 0 Å². The van der Waals surface area contributed by atoms with Crippen LogP contribution in [-0.2, 0) is 0 Å². The van der Waals surface area contributed by atoms with Crippen LogP contribution in [0.3, 0.4) is 0 Å². The molecule has 3 nitrogen and oxygen atoms in total. The molecule has 0 bridgehead atoms. The van der Waals surface area contributed by atoms with Gasteiger partial charge in [0.25, 0.3) is 0 Å². The topological polar surface area (TPSA) is 39.2 Å². The molecule has 3 heteroatoms. The van der Waals surface area contributed by atoms with E-state index in [4.69, 9.17) is 4.74 Å². The van der Waals surface area contributed by atoms with E-state index in [-0.39, 0.29) is 0 Å². The SMILES string of the molecule is Cc1c(OC2CC2)ccnc1C=O. The molecule has 0 N–H and O–H groups in total. The highest BCUT2D eigenvalue weighted by molar-refractivity contribution is 5.75. The molecule has 0 aromatic carbocycles. The van der Waals surface area contributed by atoms with E-state index in [0.717, 1.165) is 30.4 Å². The first-order valence-corrected chi connectivity index (χ1v) is 4.38. The van der Waals surface area contributed by atoms with Gasteiger partial charge in [-0.15, -0.1) is 0 Å². The first kappa shape index (κ1) is 8.23. The first-order valence-electron chi connectivity index (χ1n) is 4.38. The molecule has 1 aliphatic carbocycles. The van der Waals surface area contributed by atoms with Crippen LogP contribution in [0.4, 0.5) is 0 Å². The van der Waals surface area contributed by atoms with E-state index in [1.54, 1.807) is 12.3 Å². The van der Waals surface area contributed by atoms with Gasteiger partial charge in [-0.25, -0.2) is 0 Å². The summed E-state index contributed by atoms with van der Waals surface area (Å²) in [6.45, 7) is 1.86. The smallest absolute Gasteiger partial charge is 0.168 e. The third kappa shape index (κ3) is 1.69. The fourth-order valence-electron chi connectivity index (χ4n) is 1.15. The minimum atomic E-state index is 0.362. The van der Waals surface area contributed by atoms with E-state index < -0.39 is 0 Å². The number of rotatable bonds is 3. The van der Waals surface area contributed by atoms with Gasteiger partial charge in [-0.05, 0) is 25.8 Å². The lowest BCUT2D eigenvalue weighted by molar-refractivity contribution is 0.111. The Morgan fingerprint density at radius 1 is 1.62 bits per heavy atom. The standard InChI is InChI=1S/C10H11NO2/c1-7-9(6-12)11-5-4-10(7)13-8-2-3-8/h4-6,8H,2-3H2,1H3. The molecule has 1 aromatic rings. The summed E-state index contributed by atoms with van der Waals surface area (Å²) >= 11 is 0. The summed E-state index contributed by atoms with van der Waals surface area (Å²) in [6, 6.07) is 1.81. The fourth-order valence-corrected chi connectivity index (χ4v) is 1.15. The zero-order chi connectivity index (χ0) is 9.26. The van der Waals surface area contributed by atoms with Gasteiger partial charge >= 0.3 is 0 Å². The summed E-state index contributed by atoms with van der Waals surface area (Å²) in [5.41, 5.74) is 1.31. The number of hydrogen-bond acceptors (Lipinski definition) is 3. The largest absolute Gasteiger partial charge is 0.490 e. The van der Waals surface area contributed by atoms with Gasteiger partial charge in [0.1, 0.15) is 11.4 Å². The number of hydrogen-bond donors (Lipinski definition) is 0. The predicted octanol–water partition coefficient (Wildman–Crippen LogP) is 1.74. The van der Waals surface area contributed by atoms with Crippen molar-refractivity contribution in [2.45, 2.75) is 25.9 Å². The van der Waals surface area contributed by atoms with Crippen molar-refractivity contribution < 1.29 is 9.53 Å². The van der Waals surface area contributed by atoms with Gasteiger partial charge in [0.15, 0.2) is 6.29 Å². The molecule has 0 spiro atoms.